The lowest BCUT2D eigenvalue weighted by atomic mass is 9.96. The quantitative estimate of drug-likeness (QED) is 0.762. The standard InChI is InChI=1S/C10H17N3/c1-4-9(11-3)8(2)10-6-5-7-12-13-10/h5-9,11H,4H2,1-3H3. The molecule has 0 saturated heterocycles. The molecule has 2 unspecified atom stereocenters. The van der Waals surface area contributed by atoms with Crippen LogP contribution in [-0.2, 0) is 0 Å². The van der Waals surface area contributed by atoms with E-state index >= 15 is 0 Å². The average molecular weight is 179 g/mol. The Morgan fingerprint density at radius 2 is 2.31 bits per heavy atom. The summed E-state index contributed by atoms with van der Waals surface area (Å²) in [5.74, 6) is 0.420. The molecule has 72 valence electrons. The summed E-state index contributed by atoms with van der Waals surface area (Å²) in [6.45, 7) is 4.35. The molecule has 1 N–H and O–H groups in total. The van der Waals surface area contributed by atoms with Gasteiger partial charge in [0, 0.05) is 18.2 Å². The lowest BCUT2D eigenvalue weighted by Gasteiger charge is -2.20. The molecule has 0 spiro atoms. The maximum absolute atomic E-state index is 4.11. The third kappa shape index (κ3) is 2.49. The SMILES string of the molecule is CCC(NC)C(C)c1cccnn1. The molecule has 1 heterocycles. The molecule has 2 atom stereocenters. The molecule has 1 rings (SSSR count). The number of nitrogens with zero attached hydrogens (tertiary/aromatic N) is 2. The molecule has 0 saturated carbocycles. The van der Waals surface area contributed by atoms with Gasteiger partial charge in [-0.15, -0.1) is 0 Å². The Hall–Kier alpha value is -0.960. The third-order valence-electron chi connectivity index (χ3n) is 2.47. The van der Waals surface area contributed by atoms with E-state index in [4.69, 9.17) is 0 Å². The molecule has 3 nitrogen and oxygen atoms in total. The van der Waals surface area contributed by atoms with E-state index in [1.807, 2.05) is 19.2 Å². The van der Waals surface area contributed by atoms with E-state index in [1.54, 1.807) is 6.20 Å². The zero-order valence-corrected chi connectivity index (χ0v) is 8.49. The molecule has 1 aromatic rings. The van der Waals surface area contributed by atoms with Crippen molar-refractivity contribution in [3.63, 3.8) is 0 Å². The van der Waals surface area contributed by atoms with Gasteiger partial charge in [-0.05, 0) is 25.6 Å². The van der Waals surface area contributed by atoms with Gasteiger partial charge in [-0.1, -0.05) is 13.8 Å². The van der Waals surface area contributed by atoms with Gasteiger partial charge in [0.15, 0.2) is 0 Å². The van der Waals surface area contributed by atoms with E-state index in [0.29, 0.717) is 12.0 Å². The Kier molecular flexibility index (Phi) is 3.83. The fraction of sp³-hybridized carbons (Fsp3) is 0.600. The molecule has 0 aliphatic heterocycles. The first-order chi connectivity index (χ1) is 6.29. The van der Waals surface area contributed by atoms with Gasteiger partial charge >= 0.3 is 0 Å². The summed E-state index contributed by atoms with van der Waals surface area (Å²) in [6.07, 6.45) is 2.81. The second-order valence-corrected chi connectivity index (χ2v) is 3.24. The Labute approximate surface area is 79.6 Å². The van der Waals surface area contributed by atoms with Crippen molar-refractivity contribution in [2.75, 3.05) is 7.05 Å². The molecule has 13 heavy (non-hydrogen) atoms. The van der Waals surface area contributed by atoms with Crippen LogP contribution in [0.15, 0.2) is 18.3 Å². The Balaban J connectivity index is 2.72. The number of nitrogens with one attached hydrogen (secondary N) is 1. The second-order valence-electron chi connectivity index (χ2n) is 3.24. The van der Waals surface area contributed by atoms with Gasteiger partial charge in [0.1, 0.15) is 0 Å². The van der Waals surface area contributed by atoms with E-state index in [2.05, 4.69) is 29.4 Å². The minimum atomic E-state index is 0.420. The Morgan fingerprint density at radius 3 is 2.77 bits per heavy atom. The summed E-state index contributed by atoms with van der Waals surface area (Å²) < 4.78 is 0. The maximum atomic E-state index is 4.11. The van der Waals surface area contributed by atoms with Gasteiger partial charge < -0.3 is 5.32 Å². The number of hydrogen-bond donors (Lipinski definition) is 1. The summed E-state index contributed by atoms with van der Waals surface area (Å²) in [5.41, 5.74) is 1.06. The zero-order valence-electron chi connectivity index (χ0n) is 8.49. The second kappa shape index (κ2) is 4.92. The van der Waals surface area contributed by atoms with E-state index < -0.39 is 0 Å². The minimum Gasteiger partial charge on any atom is -0.316 e. The van der Waals surface area contributed by atoms with Crippen LogP contribution in [0.5, 0.6) is 0 Å². The third-order valence-corrected chi connectivity index (χ3v) is 2.47. The van der Waals surface area contributed by atoms with Crippen LogP contribution in [0.3, 0.4) is 0 Å². The van der Waals surface area contributed by atoms with Crippen LogP contribution in [-0.4, -0.2) is 23.3 Å². The smallest absolute Gasteiger partial charge is 0.0674 e. The summed E-state index contributed by atoms with van der Waals surface area (Å²) in [7, 11) is 1.99. The van der Waals surface area contributed by atoms with E-state index in [1.165, 1.54) is 0 Å². The first kappa shape index (κ1) is 10.1. The molecule has 1 aromatic heterocycles. The van der Waals surface area contributed by atoms with Crippen molar-refractivity contribution >= 4 is 0 Å². The van der Waals surface area contributed by atoms with Crippen LogP contribution in [0, 0.1) is 0 Å². The van der Waals surface area contributed by atoms with Gasteiger partial charge in [0.2, 0.25) is 0 Å². The van der Waals surface area contributed by atoms with Crippen molar-refractivity contribution in [1.29, 1.82) is 0 Å². The van der Waals surface area contributed by atoms with Crippen molar-refractivity contribution in [3.05, 3.63) is 24.0 Å². The lowest BCUT2D eigenvalue weighted by Crippen LogP contribution is -2.30. The molecular formula is C10H17N3. The molecule has 3 heteroatoms. The van der Waals surface area contributed by atoms with E-state index in [0.717, 1.165) is 12.1 Å². The molecule has 0 aliphatic carbocycles. The van der Waals surface area contributed by atoms with Crippen molar-refractivity contribution in [2.24, 2.45) is 0 Å². The summed E-state index contributed by atoms with van der Waals surface area (Å²) in [4.78, 5) is 0. The molecule has 0 aromatic carbocycles. The van der Waals surface area contributed by atoms with Crippen molar-refractivity contribution in [2.45, 2.75) is 32.2 Å². The van der Waals surface area contributed by atoms with Crippen molar-refractivity contribution < 1.29 is 0 Å². The highest BCUT2D eigenvalue weighted by Gasteiger charge is 2.16. The number of likely N-dealkylation sites (N-methyl/N-ethyl adjacent to an activating group) is 1. The van der Waals surface area contributed by atoms with Crippen molar-refractivity contribution in [1.82, 2.24) is 15.5 Å². The highest BCUT2D eigenvalue weighted by atomic mass is 15.1. The van der Waals surface area contributed by atoms with E-state index in [9.17, 15) is 0 Å². The molecular weight excluding hydrogens is 162 g/mol. The largest absolute Gasteiger partial charge is 0.316 e. The topological polar surface area (TPSA) is 37.8 Å². The van der Waals surface area contributed by atoms with Gasteiger partial charge in [0.25, 0.3) is 0 Å². The van der Waals surface area contributed by atoms with Gasteiger partial charge in [-0.25, -0.2) is 0 Å². The van der Waals surface area contributed by atoms with Crippen LogP contribution in [0.4, 0.5) is 0 Å². The minimum absolute atomic E-state index is 0.420. The zero-order chi connectivity index (χ0) is 9.68. The normalized spacial score (nSPS) is 15.3. The lowest BCUT2D eigenvalue weighted by molar-refractivity contribution is 0.463. The summed E-state index contributed by atoms with van der Waals surface area (Å²) in [6, 6.07) is 4.44. The monoisotopic (exact) mass is 179 g/mol. The molecule has 0 fully saturated rings. The first-order valence-electron chi connectivity index (χ1n) is 4.74. The van der Waals surface area contributed by atoms with Crippen LogP contribution in [0.1, 0.15) is 31.9 Å². The van der Waals surface area contributed by atoms with Crippen LogP contribution in [0.25, 0.3) is 0 Å². The number of aromatic nitrogens is 2. The predicted octanol–water partition coefficient (Wildman–Crippen LogP) is 1.58. The molecule has 0 aliphatic rings. The predicted molar refractivity (Wildman–Crippen MR) is 53.6 cm³/mol. The van der Waals surface area contributed by atoms with E-state index in [-0.39, 0.29) is 0 Å². The maximum Gasteiger partial charge on any atom is 0.0674 e. The number of rotatable bonds is 4. The molecule has 0 radical (unpaired) electrons. The molecule has 0 amide bonds. The molecule has 0 bridgehead atoms. The summed E-state index contributed by atoms with van der Waals surface area (Å²) >= 11 is 0. The average Bonchev–Trinajstić information content (AvgIpc) is 2.21. The van der Waals surface area contributed by atoms with Crippen LogP contribution >= 0.6 is 0 Å². The highest BCUT2D eigenvalue weighted by molar-refractivity contribution is 5.07. The summed E-state index contributed by atoms with van der Waals surface area (Å²) in [5, 5.41) is 11.3. The van der Waals surface area contributed by atoms with Crippen LogP contribution < -0.4 is 5.32 Å². The highest BCUT2D eigenvalue weighted by Crippen LogP contribution is 2.17. The fourth-order valence-corrected chi connectivity index (χ4v) is 1.57. The van der Waals surface area contributed by atoms with Gasteiger partial charge in [-0.3, -0.25) is 0 Å². The van der Waals surface area contributed by atoms with Crippen LogP contribution in [0.2, 0.25) is 0 Å². The Morgan fingerprint density at radius 1 is 1.54 bits per heavy atom. The van der Waals surface area contributed by atoms with Gasteiger partial charge in [-0.2, -0.15) is 10.2 Å². The Bertz CT molecular complexity index is 231. The van der Waals surface area contributed by atoms with Gasteiger partial charge in [0.05, 0.1) is 5.69 Å². The fourth-order valence-electron chi connectivity index (χ4n) is 1.57. The first-order valence-corrected chi connectivity index (χ1v) is 4.74. The number of hydrogen-bond acceptors (Lipinski definition) is 3. The van der Waals surface area contributed by atoms with Crippen molar-refractivity contribution in [3.8, 4) is 0 Å².